The molecular formula is C23H27N5OS. The first-order valence-corrected chi connectivity index (χ1v) is 10.9. The van der Waals surface area contributed by atoms with Crippen LogP contribution < -0.4 is 21.3 Å². The van der Waals surface area contributed by atoms with Crippen LogP contribution in [-0.2, 0) is 6.42 Å². The first-order chi connectivity index (χ1) is 14.4. The fourth-order valence-electron chi connectivity index (χ4n) is 3.79. The Labute approximate surface area is 180 Å². The number of benzene rings is 1. The van der Waals surface area contributed by atoms with Gasteiger partial charge in [-0.2, -0.15) is 0 Å². The number of rotatable bonds is 5. The van der Waals surface area contributed by atoms with Crippen LogP contribution >= 0.6 is 11.3 Å². The molecule has 1 fully saturated rings. The number of carbonyl (C=O) groups excluding carboxylic acids is 1. The molecule has 1 amide bonds. The van der Waals surface area contributed by atoms with E-state index in [1.807, 2.05) is 19.1 Å². The predicted molar refractivity (Wildman–Crippen MR) is 125 cm³/mol. The van der Waals surface area contributed by atoms with Gasteiger partial charge in [-0.3, -0.25) is 4.79 Å². The minimum Gasteiger partial charge on any atom is -0.397 e. The summed E-state index contributed by atoms with van der Waals surface area (Å²) in [7, 11) is 0. The number of nitrogens with one attached hydrogen (secondary N) is 2. The summed E-state index contributed by atoms with van der Waals surface area (Å²) in [5.74, 6) is -0.141. The zero-order valence-electron chi connectivity index (χ0n) is 17.4. The summed E-state index contributed by atoms with van der Waals surface area (Å²) in [5.41, 5.74) is 11.0. The summed E-state index contributed by atoms with van der Waals surface area (Å²) in [6.45, 7) is 10.5. The van der Waals surface area contributed by atoms with Crippen molar-refractivity contribution in [2.24, 2.45) is 0 Å². The topological polar surface area (TPSA) is 83.3 Å². The molecule has 1 unspecified atom stereocenters. The van der Waals surface area contributed by atoms with Gasteiger partial charge in [0, 0.05) is 41.6 Å². The molecule has 0 aliphatic carbocycles. The van der Waals surface area contributed by atoms with E-state index in [0.29, 0.717) is 23.2 Å². The lowest BCUT2D eigenvalue weighted by atomic mass is 10.1. The van der Waals surface area contributed by atoms with Gasteiger partial charge in [-0.25, -0.2) is 4.98 Å². The summed E-state index contributed by atoms with van der Waals surface area (Å²) in [4.78, 5) is 20.7. The van der Waals surface area contributed by atoms with Crippen LogP contribution in [0.2, 0.25) is 0 Å². The van der Waals surface area contributed by atoms with Crippen LogP contribution in [0.15, 0.2) is 48.7 Å². The van der Waals surface area contributed by atoms with Crippen molar-refractivity contribution in [3.8, 4) is 0 Å². The van der Waals surface area contributed by atoms with E-state index in [-0.39, 0.29) is 5.91 Å². The van der Waals surface area contributed by atoms with E-state index in [9.17, 15) is 4.79 Å². The quantitative estimate of drug-likeness (QED) is 0.588. The average Bonchev–Trinajstić information content (AvgIpc) is 3.03. The van der Waals surface area contributed by atoms with Crippen LogP contribution in [0.4, 0.5) is 11.4 Å². The van der Waals surface area contributed by atoms with Crippen LogP contribution in [0.5, 0.6) is 0 Å². The lowest BCUT2D eigenvalue weighted by molar-refractivity contribution is 0.0959. The van der Waals surface area contributed by atoms with Crippen molar-refractivity contribution >= 4 is 38.8 Å². The minimum absolute atomic E-state index is 0.141. The van der Waals surface area contributed by atoms with Crippen molar-refractivity contribution < 1.29 is 4.79 Å². The Morgan fingerprint density at radius 3 is 2.83 bits per heavy atom. The molecule has 1 aliphatic heterocycles. The van der Waals surface area contributed by atoms with E-state index in [4.69, 9.17) is 5.73 Å². The Morgan fingerprint density at radius 2 is 2.10 bits per heavy atom. The summed E-state index contributed by atoms with van der Waals surface area (Å²) in [6, 6.07) is 12.8. The molecule has 3 aromatic rings. The molecule has 3 heterocycles. The number of piperazine rings is 1. The summed E-state index contributed by atoms with van der Waals surface area (Å²) < 4.78 is 0. The summed E-state index contributed by atoms with van der Waals surface area (Å²) >= 11 is 1.34. The van der Waals surface area contributed by atoms with E-state index in [1.165, 1.54) is 22.6 Å². The maximum absolute atomic E-state index is 12.6. The van der Waals surface area contributed by atoms with E-state index >= 15 is 0 Å². The molecular weight excluding hydrogens is 394 g/mol. The highest BCUT2D eigenvalue weighted by Crippen LogP contribution is 2.32. The smallest absolute Gasteiger partial charge is 0.263 e. The summed E-state index contributed by atoms with van der Waals surface area (Å²) in [5, 5.41) is 7.20. The molecule has 1 aromatic carbocycles. The second-order valence-electron chi connectivity index (χ2n) is 7.85. The van der Waals surface area contributed by atoms with Gasteiger partial charge >= 0.3 is 0 Å². The molecule has 1 atom stereocenters. The number of carbonyl (C=O) groups is 1. The number of amides is 1. The Balaban J connectivity index is 1.35. The molecule has 7 heteroatoms. The average molecular weight is 422 g/mol. The monoisotopic (exact) mass is 421 g/mol. The molecule has 6 nitrogen and oxygen atoms in total. The van der Waals surface area contributed by atoms with Crippen molar-refractivity contribution in [3.05, 3.63) is 64.8 Å². The van der Waals surface area contributed by atoms with Gasteiger partial charge < -0.3 is 21.3 Å². The van der Waals surface area contributed by atoms with E-state index < -0.39 is 0 Å². The fraction of sp³-hybridized carbons (Fsp3) is 0.304. The Bertz CT molecular complexity index is 1090. The Kier molecular flexibility index (Phi) is 5.63. The van der Waals surface area contributed by atoms with Gasteiger partial charge in [-0.15, -0.1) is 11.3 Å². The number of aryl methyl sites for hydroxylation is 1. The number of hydrogen-bond donors (Lipinski definition) is 3. The standard InChI is InChI=1S/C23H27N5OS/c1-14-4-9-19-20(24)21(30-23(19)27-14)22(29)25-11-10-17-5-7-18(8-6-17)28-12-15(2)26-16(3)13-28/h4-9,16,26H,2,10-13,24H2,1,3H3,(H,25,29). The SMILES string of the molecule is C=C1CN(c2ccc(CCNC(=O)c3sc4nc(C)ccc4c3N)cc2)CC(C)N1. The van der Waals surface area contributed by atoms with Gasteiger partial charge in [-0.05, 0) is 50.1 Å². The van der Waals surface area contributed by atoms with E-state index in [1.54, 1.807) is 0 Å². The number of anilines is 2. The third kappa shape index (κ3) is 4.26. The zero-order chi connectivity index (χ0) is 21.3. The summed E-state index contributed by atoms with van der Waals surface area (Å²) in [6.07, 6.45) is 0.763. The number of fused-ring (bicyclic) bond motifs is 1. The molecule has 30 heavy (non-hydrogen) atoms. The number of hydrogen-bond acceptors (Lipinski definition) is 6. The molecule has 156 valence electrons. The molecule has 2 aromatic heterocycles. The molecule has 0 spiro atoms. The number of nitrogen functional groups attached to an aromatic ring is 1. The third-order valence-electron chi connectivity index (χ3n) is 5.27. The van der Waals surface area contributed by atoms with E-state index in [2.05, 4.69) is 58.3 Å². The van der Waals surface area contributed by atoms with Crippen molar-refractivity contribution in [1.82, 2.24) is 15.6 Å². The van der Waals surface area contributed by atoms with Crippen LogP contribution in [0, 0.1) is 6.92 Å². The number of nitrogens with two attached hydrogens (primary N) is 1. The van der Waals surface area contributed by atoms with Gasteiger partial charge in [0.15, 0.2) is 0 Å². The maximum Gasteiger partial charge on any atom is 0.263 e. The molecule has 4 rings (SSSR count). The maximum atomic E-state index is 12.6. The highest BCUT2D eigenvalue weighted by molar-refractivity contribution is 7.21. The lowest BCUT2D eigenvalue weighted by Crippen LogP contribution is -2.47. The third-order valence-corrected chi connectivity index (χ3v) is 6.38. The normalized spacial score (nSPS) is 16.5. The fourth-order valence-corrected chi connectivity index (χ4v) is 4.85. The number of aromatic nitrogens is 1. The van der Waals surface area contributed by atoms with Crippen LogP contribution in [0.25, 0.3) is 10.2 Å². The molecule has 0 radical (unpaired) electrons. The Morgan fingerprint density at radius 1 is 1.33 bits per heavy atom. The second kappa shape index (κ2) is 8.36. The second-order valence-corrected chi connectivity index (χ2v) is 8.85. The molecule has 0 bridgehead atoms. The van der Waals surface area contributed by atoms with Crippen molar-refractivity contribution in [3.63, 3.8) is 0 Å². The molecule has 4 N–H and O–H groups in total. The van der Waals surface area contributed by atoms with Gasteiger partial charge in [0.1, 0.15) is 9.71 Å². The Hall–Kier alpha value is -3.06. The van der Waals surface area contributed by atoms with Crippen molar-refractivity contribution in [2.75, 3.05) is 30.3 Å². The first-order valence-electron chi connectivity index (χ1n) is 10.1. The van der Waals surface area contributed by atoms with Gasteiger partial charge in [-0.1, -0.05) is 18.7 Å². The lowest BCUT2D eigenvalue weighted by Gasteiger charge is -2.35. The molecule has 1 aliphatic rings. The highest BCUT2D eigenvalue weighted by Gasteiger charge is 2.19. The number of pyridine rings is 1. The van der Waals surface area contributed by atoms with Crippen LogP contribution in [0.1, 0.15) is 27.9 Å². The van der Waals surface area contributed by atoms with E-state index in [0.717, 1.165) is 41.1 Å². The van der Waals surface area contributed by atoms with Crippen molar-refractivity contribution in [2.45, 2.75) is 26.3 Å². The number of thiophene rings is 1. The van der Waals surface area contributed by atoms with Gasteiger partial charge in [0.05, 0.1) is 12.2 Å². The van der Waals surface area contributed by atoms with Gasteiger partial charge in [0.25, 0.3) is 5.91 Å². The largest absolute Gasteiger partial charge is 0.397 e. The zero-order valence-corrected chi connectivity index (χ0v) is 18.2. The van der Waals surface area contributed by atoms with Gasteiger partial charge in [0.2, 0.25) is 0 Å². The van der Waals surface area contributed by atoms with Crippen LogP contribution in [0.3, 0.4) is 0 Å². The molecule has 1 saturated heterocycles. The molecule has 0 saturated carbocycles. The highest BCUT2D eigenvalue weighted by atomic mass is 32.1. The minimum atomic E-state index is -0.141. The first kappa shape index (κ1) is 20.2. The predicted octanol–water partition coefficient (Wildman–Crippen LogP) is 3.47. The number of nitrogens with zero attached hydrogens (tertiary/aromatic N) is 2. The van der Waals surface area contributed by atoms with Crippen molar-refractivity contribution in [1.29, 1.82) is 0 Å². The van der Waals surface area contributed by atoms with Crippen LogP contribution in [-0.4, -0.2) is 36.6 Å².